The van der Waals surface area contributed by atoms with Gasteiger partial charge < -0.3 is 4.90 Å². The maximum Gasteiger partial charge on any atom is 0.0644 e. The number of pyridine rings is 1. The fourth-order valence-corrected chi connectivity index (χ4v) is 6.97. The van der Waals surface area contributed by atoms with E-state index in [0.717, 1.165) is 17.1 Å². The Bertz CT molecular complexity index is 2360. The standard InChI is InChI=1S/C45H30N2/c1-3-8-31(9-4-1)39-26-35-17-19-37-28-40(29-38-20-18-36(27-39)44(35)45(37)38)34-15-13-32(14-16-34)33-21-23-42(24-22-33)47(41-10-5-2-6-11-41)43-12-7-25-46-30-43/h1-30H. The minimum atomic E-state index is 1.03. The van der Waals surface area contributed by atoms with E-state index >= 15 is 0 Å². The predicted octanol–water partition coefficient (Wildman–Crippen LogP) is 12.4. The monoisotopic (exact) mass is 598 g/mol. The fourth-order valence-electron chi connectivity index (χ4n) is 6.97. The van der Waals surface area contributed by atoms with Crippen molar-refractivity contribution in [3.05, 3.63) is 182 Å². The number of hydrogen-bond donors (Lipinski definition) is 0. The van der Waals surface area contributed by atoms with Crippen molar-refractivity contribution in [3.63, 3.8) is 0 Å². The molecule has 47 heavy (non-hydrogen) atoms. The second-order valence-electron chi connectivity index (χ2n) is 12.1. The lowest BCUT2D eigenvalue weighted by Gasteiger charge is -2.25. The highest BCUT2D eigenvalue weighted by atomic mass is 15.1. The van der Waals surface area contributed by atoms with E-state index in [9.17, 15) is 0 Å². The lowest BCUT2D eigenvalue weighted by Crippen LogP contribution is -2.09. The number of para-hydroxylation sites is 1. The second-order valence-corrected chi connectivity index (χ2v) is 12.1. The summed E-state index contributed by atoms with van der Waals surface area (Å²) in [6, 6.07) is 61.3. The van der Waals surface area contributed by atoms with E-state index in [1.54, 1.807) is 0 Å². The molecule has 0 atom stereocenters. The van der Waals surface area contributed by atoms with Crippen molar-refractivity contribution in [2.75, 3.05) is 4.90 Å². The summed E-state index contributed by atoms with van der Waals surface area (Å²) in [5.74, 6) is 0. The van der Waals surface area contributed by atoms with Gasteiger partial charge in [-0.3, -0.25) is 4.98 Å². The molecule has 0 aliphatic rings. The van der Waals surface area contributed by atoms with Gasteiger partial charge in [-0.2, -0.15) is 0 Å². The van der Waals surface area contributed by atoms with Crippen LogP contribution in [0.1, 0.15) is 0 Å². The molecule has 0 amide bonds. The molecule has 9 rings (SSSR count). The molecule has 0 spiro atoms. The van der Waals surface area contributed by atoms with Gasteiger partial charge in [-0.1, -0.05) is 109 Å². The topological polar surface area (TPSA) is 16.1 Å². The Balaban J connectivity index is 1.03. The van der Waals surface area contributed by atoms with Crippen molar-refractivity contribution in [1.29, 1.82) is 0 Å². The molecule has 0 saturated carbocycles. The summed E-state index contributed by atoms with van der Waals surface area (Å²) in [5, 5.41) is 7.82. The van der Waals surface area contributed by atoms with E-state index in [0.29, 0.717) is 0 Å². The van der Waals surface area contributed by atoms with Crippen LogP contribution in [0.5, 0.6) is 0 Å². The van der Waals surface area contributed by atoms with Crippen LogP contribution in [0, 0.1) is 0 Å². The Morgan fingerprint density at radius 1 is 0.319 bits per heavy atom. The van der Waals surface area contributed by atoms with E-state index in [1.165, 1.54) is 65.7 Å². The normalized spacial score (nSPS) is 11.4. The third-order valence-electron chi connectivity index (χ3n) is 9.24. The number of nitrogens with zero attached hydrogens (tertiary/aromatic N) is 2. The number of aromatic nitrogens is 1. The van der Waals surface area contributed by atoms with Crippen LogP contribution in [0.15, 0.2) is 182 Å². The molecule has 0 saturated heterocycles. The van der Waals surface area contributed by atoms with Crippen LogP contribution in [0.4, 0.5) is 17.1 Å². The summed E-state index contributed by atoms with van der Waals surface area (Å²) in [4.78, 5) is 6.60. The van der Waals surface area contributed by atoms with Gasteiger partial charge in [0.05, 0.1) is 11.9 Å². The van der Waals surface area contributed by atoms with E-state index in [4.69, 9.17) is 0 Å². The first-order valence-electron chi connectivity index (χ1n) is 16.0. The SMILES string of the molecule is c1ccc(-c2cc3ccc4cc(-c5ccc(-c6ccc(N(c7ccccc7)c7cccnc7)cc6)cc5)cc5ccc(c2)c3c45)cc1. The van der Waals surface area contributed by atoms with Crippen molar-refractivity contribution in [3.8, 4) is 33.4 Å². The van der Waals surface area contributed by atoms with Gasteiger partial charge in [-0.05, 0) is 126 Å². The van der Waals surface area contributed by atoms with E-state index in [2.05, 4.69) is 168 Å². The van der Waals surface area contributed by atoms with Crippen molar-refractivity contribution in [2.24, 2.45) is 0 Å². The maximum absolute atomic E-state index is 4.37. The lowest BCUT2D eigenvalue weighted by molar-refractivity contribution is 1.23. The molecule has 0 fully saturated rings. The van der Waals surface area contributed by atoms with Crippen molar-refractivity contribution in [2.45, 2.75) is 0 Å². The Morgan fingerprint density at radius 3 is 1.21 bits per heavy atom. The first kappa shape index (κ1) is 27.1. The zero-order chi connectivity index (χ0) is 31.2. The van der Waals surface area contributed by atoms with Crippen LogP contribution in [0.25, 0.3) is 65.7 Å². The average molecular weight is 599 g/mol. The van der Waals surface area contributed by atoms with Gasteiger partial charge in [0.2, 0.25) is 0 Å². The fraction of sp³-hybridized carbons (Fsp3) is 0. The largest absolute Gasteiger partial charge is 0.309 e. The molecule has 0 aliphatic heterocycles. The van der Waals surface area contributed by atoms with Crippen molar-refractivity contribution in [1.82, 2.24) is 4.98 Å². The number of rotatable bonds is 6. The third-order valence-corrected chi connectivity index (χ3v) is 9.24. The Kier molecular flexibility index (Phi) is 6.50. The molecular formula is C45H30N2. The van der Waals surface area contributed by atoms with Crippen LogP contribution in [0.2, 0.25) is 0 Å². The molecule has 2 heteroatoms. The minimum Gasteiger partial charge on any atom is -0.309 e. The highest BCUT2D eigenvalue weighted by Crippen LogP contribution is 2.40. The van der Waals surface area contributed by atoms with E-state index < -0.39 is 0 Å². The number of anilines is 3. The molecule has 1 heterocycles. The van der Waals surface area contributed by atoms with Gasteiger partial charge in [0.25, 0.3) is 0 Å². The van der Waals surface area contributed by atoms with E-state index in [1.807, 2.05) is 24.5 Å². The van der Waals surface area contributed by atoms with E-state index in [-0.39, 0.29) is 0 Å². The second kappa shape index (κ2) is 11.3. The molecule has 8 aromatic carbocycles. The van der Waals surface area contributed by atoms with Gasteiger partial charge in [-0.15, -0.1) is 0 Å². The first-order valence-corrected chi connectivity index (χ1v) is 16.0. The smallest absolute Gasteiger partial charge is 0.0644 e. The molecule has 1 aromatic heterocycles. The maximum atomic E-state index is 4.37. The molecule has 0 unspecified atom stereocenters. The highest BCUT2D eigenvalue weighted by Gasteiger charge is 2.14. The number of hydrogen-bond acceptors (Lipinski definition) is 2. The summed E-state index contributed by atoms with van der Waals surface area (Å²) in [6.45, 7) is 0. The lowest BCUT2D eigenvalue weighted by atomic mass is 9.89. The molecule has 0 bridgehead atoms. The van der Waals surface area contributed by atoms with Gasteiger partial charge in [0.15, 0.2) is 0 Å². The van der Waals surface area contributed by atoms with Crippen LogP contribution in [-0.4, -0.2) is 4.98 Å². The average Bonchev–Trinajstić information content (AvgIpc) is 3.15. The van der Waals surface area contributed by atoms with Gasteiger partial charge >= 0.3 is 0 Å². The zero-order valence-corrected chi connectivity index (χ0v) is 25.7. The Morgan fingerprint density at radius 2 is 0.723 bits per heavy atom. The summed E-state index contributed by atoms with van der Waals surface area (Å²) < 4.78 is 0. The Hall–Kier alpha value is -6.25. The Labute approximate surface area is 274 Å². The molecule has 220 valence electrons. The summed E-state index contributed by atoms with van der Waals surface area (Å²) in [5.41, 5.74) is 10.6. The zero-order valence-electron chi connectivity index (χ0n) is 25.7. The first-order chi connectivity index (χ1) is 23.3. The highest BCUT2D eigenvalue weighted by molar-refractivity contribution is 6.24. The van der Waals surface area contributed by atoms with Crippen molar-refractivity contribution < 1.29 is 0 Å². The van der Waals surface area contributed by atoms with Crippen molar-refractivity contribution >= 4 is 49.4 Å². The molecule has 0 aliphatic carbocycles. The predicted molar refractivity (Wildman–Crippen MR) is 199 cm³/mol. The summed E-state index contributed by atoms with van der Waals surface area (Å²) >= 11 is 0. The summed E-state index contributed by atoms with van der Waals surface area (Å²) in [6.07, 6.45) is 3.71. The molecule has 0 radical (unpaired) electrons. The van der Waals surface area contributed by atoms with Crippen LogP contribution < -0.4 is 4.90 Å². The van der Waals surface area contributed by atoms with Gasteiger partial charge in [0.1, 0.15) is 0 Å². The third kappa shape index (κ3) is 4.88. The number of benzene rings is 8. The molecule has 9 aromatic rings. The van der Waals surface area contributed by atoms with Gasteiger partial charge in [0, 0.05) is 17.6 Å². The molecule has 0 N–H and O–H groups in total. The van der Waals surface area contributed by atoms with Crippen LogP contribution >= 0.6 is 0 Å². The molecular weight excluding hydrogens is 569 g/mol. The van der Waals surface area contributed by atoms with Crippen LogP contribution in [-0.2, 0) is 0 Å². The molecule has 2 nitrogen and oxygen atoms in total. The minimum absolute atomic E-state index is 1.03. The van der Waals surface area contributed by atoms with Crippen LogP contribution in [0.3, 0.4) is 0 Å². The van der Waals surface area contributed by atoms with Gasteiger partial charge in [-0.25, -0.2) is 0 Å². The quantitative estimate of drug-likeness (QED) is 0.177. The summed E-state index contributed by atoms with van der Waals surface area (Å²) in [7, 11) is 0.